The zero-order valence-corrected chi connectivity index (χ0v) is 35.4. The Labute approximate surface area is 362 Å². The van der Waals surface area contributed by atoms with Gasteiger partial charge in [0.2, 0.25) is 6.29 Å². The zero-order chi connectivity index (χ0) is 42.3. The van der Waals surface area contributed by atoms with E-state index in [0.29, 0.717) is 23.7 Å². The van der Waals surface area contributed by atoms with Crippen LogP contribution in [0.1, 0.15) is 94.3 Å². The number of aliphatic hydroxyl groups excluding tert-OH is 5. The lowest BCUT2D eigenvalue weighted by molar-refractivity contribution is -0.319. The number of aliphatic hydroxyl groups is 6. The number of nitrogens with zero attached hydrogens (tertiary/aromatic N) is 1. The van der Waals surface area contributed by atoms with Crippen LogP contribution < -0.4 is 10.1 Å². The fourth-order valence-corrected chi connectivity index (χ4v) is 14.6. The van der Waals surface area contributed by atoms with Gasteiger partial charge in [-0.05, 0) is 109 Å². The van der Waals surface area contributed by atoms with Gasteiger partial charge in [0.05, 0.1) is 30.6 Å². The molecule has 322 valence electrons. The molecule has 3 spiro atoms. The largest absolute Gasteiger partial charge is 0.511 e. The number of carbonyl (C=O) groups is 2. The number of pyridine rings is 1. The van der Waals surface area contributed by atoms with Gasteiger partial charge in [0.25, 0.3) is 0 Å². The van der Waals surface area contributed by atoms with Crippen LogP contribution in [0.5, 0.6) is 5.75 Å². The van der Waals surface area contributed by atoms with Gasteiger partial charge in [0.1, 0.15) is 46.7 Å². The Hall–Kier alpha value is -3.73. The number of benzene rings is 2. The summed E-state index contributed by atoms with van der Waals surface area (Å²) in [4.78, 5) is 34.9. The maximum Gasteiger partial charge on any atom is 0.229 e. The maximum atomic E-state index is 15.3. The molecule has 1 saturated heterocycles. The summed E-state index contributed by atoms with van der Waals surface area (Å²) in [5.41, 5.74) is -0.155. The molecule has 0 unspecified atom stereocenters. The molecule has 2 aromatic carbocycles. The van der Waals surface area contributed by atoms with E-state index < -0.39 is 65.1 Å². The monoisotopic (exact) mass is 868 g/mol. The summed E-state index contributed by atoms with van der Waals surface area (Å²) in [6, 6.07) is 14.1. The summed E-state index contributed by atoms with van der Waals surface area (Å²) in [7, 11) is 2.80. The van der Waals surface area contributed by atoms with E-state index in [1.54, 1.807) is 24.3 Å². The maximum absolute atomic E-state index is 15.3. The molecule has 3 fully saturated rings. The molecule has 7 aliphatic rings. The van der Waals surface area contributed by atoms with Gasteiger partial charge in [-0.1, -0.05) is 76.9 Å². The highest BCUT2D eigenvalue weighted by Crippen LogP contribution is 2.66. The van der Waals surface area contributed by atoms with Crippen molar-refractivity contribution in [1.82, 2.24) is 4.98 Å². The molecule has 9 atom stereocenters. The number of ether oxygens (including phenoxy) is 2. The lowest BCUT2D eigenvalue weighted by Crippen LogP contribution is -2.70. The van der Waals surface area contributed by atoms with E-state index in [1.807, 2.05) is 30.5 Å². The van der Waals surface area contributed by atoms with Gasteiger partial charge in [-0.25, -0.2) is 4.98 Å². The number of carbonyl (C=O) groups excluding carboxylic acids is 2. The van der Waals surface area contributed by atoms with Crippen LogP contribution in [0.4, 0.5) is 5.82 Å². The third kappa shape index (κ3) is 6.53. The SMILES string of the molecule is O=C1c2cccc3c2C(=O)[C@]2(CSSCNc4cc5c(cn4)CC[C@@H]4CC6(CCCC6)C[C@]54C[C@]4(O)[C@H](O)[C@@H](CO)O[C@@H](O3)[C@@H]4O)C(O)=CC(Cc3cccc(CO)c3)=C[C@H]12. The summed E-state index contributed by atoms with van der Waals surface area (Å²) in [6.07, 6.45) is 6.86. The lowest BCUT2D eigenvalue weighted by atomic mass is 9.58. The van der Waals surface area contributed by atoms with Crippen molar-refractivity contribution in [1.29, 1.82) is 0 Å². The van der Waals surface area contributed by atoms with Crippen molar-refractivity contribution in [3.05, 3.63) is 112 Å². The number of fused-ring (bicyclic) bond motifs is 3. The molecular formula is C47H52N2O10S2. The smallest absolute Gasteiger partial charge is 0.229 e. The van der Waals surface area contributed by atoms with Crippen LogP contribution in [0.15, 0.2) is 78.2 Å². The first-order chi connectivity index (χ1) is 29.4. The van der Waals surface area contributed by atoms with Crippen molar-refractivity contribution in [3.63, 3.8) is 0 Å². The summed E-state index contributed by atoms with van der Waals surface area (Å²) in [5, 5.41) is 73.2. The van der Waals surface area contributed by atoms with E-state index in [9.17, 15) is 35.4 Å². The molecule has 12 nitrogen and oxygen atoms in total. The Kier molecular flexibility index (Phi) is 10.5. The Balaban J connectivity index is 1.08. The van der Waals surface area contributed by atoms with Gasteiger partial charge in [-0.15, -0.1) is 0 Å². The second-order valence-corrected chi connectivity index (χ2v) is 21.0. The predicted molar refractivity (Wildman–Crippen MR) is 230 cm³/mol. The average Bonchev–Trinajstić information content (AvgIpc) is 3.85. The molecule has 61 heavy (non-hydrogen) atoms. The molecule has 2 saturated carbocycles. The van der Waals surface area contributed by atoms with Crippen LogP contribution in [0.2, 0.25) is 0 Å². The highest BCUT2D eigenvalue weighted by atomic mass is 33.1. The lowest BCUT2D eigenvalue weighted by Gasteiger charge is -2.53. The number of aromatic nitrogens is 1. The Morgan fingerprint density at radius 1 is 0.967 bits per heavy atom. The van der Waals surface area contributed by atoms with E-state index in [1.165, 1.54) is 27.7 Å². The van der Waals surface area contributed by atoms with E-state index >= 15 is 4.79 Å². The minimum absolute atomic E-state index is 0.0255. The molecule has 3 heterocycles. The molecule has 1 aromatic heterocycles. The molecule has 2 aliphatic heterocycles. The van der Waals surface area contributed by atoms with Crippen molar-refractivity contribution < 1.29 is 49.7 Å². The normalized spacial score (nSPS) is 35.2. The fourth-order valence-electron chi connectivity index (χ4n) is 12.4. The first-order valence-corrected chi connectivity index (χ1v) is 23.9. The molecule has 3 aromatic rings. The van der Waals surface area contributed by atoms with Crippen LogP contribution in [0.25, 0.3) is 0 Å². The van der Waals surface area contributed by atoms with Gasteiger partial charge in [0.15, 0.2) is 11.6 Å². The summed E-state index contributed by atoms with van der Waals surface area (Å²) >= 11 is 0. The molecule has 10 rings (SSSR count). The number of aryl methyl sites for hydroxylation is 1. The number of hydrogen-bond donors (Lipinski definition) is 7. The fraction of sp³-hybridized carbons (Fsp3) is 0.511. The van der Waals surface area contributed by atoms with Gasteiger partial charge < -0.3 is 45.4 Å². The molecule has 0 radical (unpaired) electrons. The van der Waals surface area contributed by atoms with Gasteiger partial charge >= 0.3 is 0 Å². The number of anilines is 1. The van der Waals surface area contributed by atoms with Crippen LogP contribution in [0.3, 0.4) is 0 Å². The van der Waals surface area contributed by atoms with Crippen LogP contribution in [-0.4, -0.2) is 95.6 Å². The van der Waals surface area contributed by atoms with Gasteiger partial charge in [-0.3, -0.25) is 9.59 Å². The van der Waals surface area contributed by atoms with Crippen LogP contribution in [-0.2, 0) is 29.6 Å². The first-order valence-electron chi connectivity index (χ1n) is 21.5. The van der Waals surface area contributed by atoms with E-state index in [-0.39, 0.29) is 52.7 Å². The van der Waals surface area contributed by atoms with E-state index in [2.05, 4.69) is 11.4 Å². The van der Waals surface area contributed by atoms with E-state index in [0.717, 1.165) is 73.6 Å². The van der Waals surface area contributed by atoms with Crippen molar-refractivity contribution in [2.75, 3.05) is 23.6 Å². The van der Waals surface area contributed by atoms with Crippen molar-refractivity contribution in [2.24, 2.45) is 22.7 Å². The molecule has 6 bridgehead atoms. The number of allylic oxidation sites excluding steroid dienone is 4. The second-order valence-electron chi connectivity index (χ2n) is 18.6. The molecule has 5 aliphatic carbocycles. The van der Waals surface area contributed by atoms with Crippen molar-refractivity contribution in [3.8, 4) is 5.75 Å². The van der Waals surface area contributed by atoms with Crippen LogP contribution in [0, 0.1) is 22.7 Å². The minimum atomic E-state index is -2.23. The number of ketones is 2. The van der Waals surface area contributed by atoms with Gasteiger partial charge in [0, 0.05) is 22.9 Å². The van der Waals surface area contributed by atoms with Crippen LogP contribution >= 0.6 is 21.6 Å². The number of nitrogens with one attached hydrogen (secondary N) is 1. The van der Waals surface area contributed by atoms with Crippen molar-refractivity contribution >= 4 is 39.0 Å². The van der Waals surface area contributed by atoms with Crippen molar-refractivity contribution in [2.45, 2.75) is 106 Å². The third-order valence-electron chi connectivity index (χ3n) is 15.2. The summed E-state index contributed by atoms with van der Waals surface area (Å²) in [6.45, 7) is -0.821. The molecule has 0 amide bonds. The Morgan fingerprint density at radius 3 is 2.57 bits per heavy atom. The second kappa shape index (κ2) is 15.5. The molecule has 7 N–H and O–H groups in total. The predicted octanol–water partition coefficient (Wildman–Crippen LogP) is 5.74. The quantitative estimate of drug-likeness (QED) is 0.157. The summed E-state index contributed by atoms with van der Waals surface area (Å²) in [5.74, 6) is -1.15. The number of hydrogen-bond acceptors (Lipinski definition) is 14. The standard InChI is InChI=1S/C47H52N2O10S2/c50-20-27-6-3-5-26(13-27)14-28-15-33-39(53)31-7-4-8-34-38(31)41(55)46(33,36(52)16-28)24-60-61-25-49-37-17-32-29(19-48-37)9-10-30-18-44(11-1-2-12-44)22-45(30,32)23-47(57)40(54)35(21-51)59-43(58-34)42(47)56/h3-8,13,15-17,19,30,33,35,40,42-43,50-52,54,56-57H,1-2,9-12,14,18,20-25H2,(H,48,49)/t30-,33-,35-,40-,42+,43-,45-,46+,47+/m1/s1. The Morgan fingerprint density at radius 2 is 1.77 bits per heavy atom. The topological polar surface area (TPSA) is 199 Å². The third-order valence-corrected chi connectivity index (χ3v) is 17.4. The highest BCUT2D eigenvalue weighted by molar-refractivity contribution is 8.76. The number of rotatable bonds is 4. The summed E-state index contributed by atoms with van der Waals surface area (Å²) < 4.78 is 12.5. The Bertz CT molecular complexity index is 2330. The number of Topliss-reactive ketones (excluding diaryl/α,β-unsaturated/α-hetero) is 2. The molecule has 14 heteroatoms. The van der Waals surface area contributed by atoms with E-state index in [4.69, 9.17) is 14.5 Å². The van der Waals surface area contributed by atoms with Gasteiger partial charge in [-0.2, -0.15) is 0 Å². The highest BCUT2D eigenvalue weighted by Gasteiger charge is 2.65. The molecular weight excluding hydrogens is 817 g/mol. The first kappa shape index (κ1) is 41.3. The average molecular weight is 869 g/mol. The minimum Gasteiger partial charge on any atom is -0.511 e. The zero-order valence-electron chi connectivity index (χ0n) is 33.8.